The quantitative estimate of drug-likeness (QED) is 0.528. The highest BCUT2D eigenvalue weighted by Gasteiger charge is 2.24. The number of furan rings is 1. The first kappa shape index (κ1) is 16.3. The highest BCUT2D eigenvalue weighted by Crippen LogP contribution is 2.33. The topological polar surface area (TPSA) is 98.0 Å². The van der Waals surface area contributed by atoms with E-state index in [2.05, 4.69) is 20.3 Å². The fourth-order valence-electron chi connectivity index (χ4n) is 2.21. The van der Waals surface area contributed by atoms with Gasteiger partial charge in [0, 0.05) is 29.5 Å². The molecule has 0 aliphatic rings. The summed E-state index contributed by atoms with van der Waals surface area (Å²) in [5, 5.41) is 5.10. The van der Waals surface area contributed by atoms with Gasteiger partial charge in [0.2, 0.25) is 5.78 Å². The van der Waals surface area contributed by atoms with Crippen molar-refractivity contribution in [2.75, 3.05) is 5.32 Å². The predicted molar refractivity (Wildman–Crippen MR) is 97.6 cm³/mol. The first-order chi connectivity index (χ1) is 12.7. The van der Waals surface area contributed by atoms with Crippen LogP contribution in [0.5, 0.6) is 0 Å². The van der Waals surface area contributed by atoms with Crippen LogP contribution in [0.15, 0.2) is 58.9 Å². The monoisotopic (exact) mass is 382 g/mol. The maximum atomic E-state index is 12.7. The van der Waals surface area contributed by atoms with Crippen molar-refractivity contribution in [3.05, 3.63) is 69.9 Å². The average molecular weight is 382 g/mol. The van der Waals surface area contributed by atoms with Crippen LogP contribution in [0.4, 0.5) is 5.13 Å². The number of carbonyl (C=O) groups excluding carboxylic acids is 2. The van der Waals surface area contributed by atoms with Gasteiger partial charge in [-0.3, -0.25) is 19.9 Å². The van der Waals surface area contributed by atoms with Gasteiger partial charge in [-0.15, -0.1) is 11.3 Å². The summed E-state index contributed by atoms with van der Waals surface area (Å²) in [5.74, 6) is -0.140. The summed E-state index contributed by atoms with van der Waals surface area (Å²) < 4.78 is 5.38. The number of hydrogen-bond acceptors (Lipinski definition) is 8. The van der Waals surface area contributed by atoms with Gasteiger partial charge in [-0.2, -0.15) is 0 Å². The van der Waals surface area contributed by atoms with Gasteiger partial charge in [-0.1, -0.05) is 11.3 Å². The molecule has 0 saturated heterocycles. The van der Waals surface area contributed by atoms with Crippen molar-refractivity contribution in [3.8, 4) is 11.5 Å². The second-order valence-corrected chi connectivity index (χ2v) is 6.92. The molecule has 0 aliphatic heterocycles. The van der Waals surface area contributed by atoms with E-state index < -0.39 is 0 Å². The number of nitrogens with one attached hydrogen (secondary N) is 1. The number of hydrogen-bond donors (Lipinski definition) is 1. The number of nitrogens with zero attached hydrogens (tertiary/aromatic N) is 3. The molecule has 9 heteroatoms. The van der Waals surface area contributed by atoms with Crippen LogP contribution in [-0.2, 0) is 0 Å². The minimum absolute atomic E-state index is 0.256. The van der Waals surface area contributed by atoms with Crippen molar-refractivity contribution < 1.29 is 14.0 Å². The summed E-state index contributed by atoms with van der Waals surface area (Å²) in [4.78, 5) is 37.8. The number of amides is 1. The van der Waals surface area contributed by atoms with Crippen molar-refractivity contribution in [2.45, 2.75) is 0 Å². The molecule has 4 rings (SSSR count). The minimum atomic E-state index is -0.333. The molecule has 0 saturated carbocycles. The number of carbonyl (C=O) groups is 2. The minimum Gasteiger partial charge on any atom is -0.463 e. The van der Waals surface area contributed by atoms with Crippen molar-refractivity contribution in [2.24, 2.45) is 0 Å². The normalized spacial score (nSPS) is 10.6. The predicted octanol–water partition coefficient (Wildman–Crippen LogP) is 3.74. The Labute approximate surface area is 155 Å². The van der Waals surface area contributed by atoms with E-state index in [1.165, 1.54) is 30.0 Å². The van der Waals surface area contributed by atoms with Crippen molar-refractivity contribution in [1.29, 1.82) is 0 Å². The molecule has 7 nitrogen and oxygen atoms in total. The Morgan fingerprint density at radius 1 is 1.12 bits per heavy atom. The zero-order chi connectivity index (χ0) is 17.9. The molecule has 4 heterocycles. The van der Waals surface area contributed by atoms with E-state index in [1.807, 2.05) is 0 Å². The van der Waals surface area contributed by atoms with Crippen molar-refractivity contribution in [3.63, 3.8) is 0 Å². The highest BCUT2D eigenvalue weighted by atomic mass is 32.1. The second kappa shape index (κ2) is 6.98. The number of aromatic nitrogens is 3. The number of ketones is 1. The molecule has 0 fully saturated rings. The van der Waals surface area contributed by atoms with Gasteiger partial charge in [0.25, 0.3) is 5.91 Å². The molecule has 4 aromatic heterocycles. The lowest BCUT2D eigenvalue weighted by atomic mass is 10.2. The van der Waals surface area contributed by atoms with E-state index in [0.29, 0.717) is 32.0 Å². The fraction of sp³-hybridized carbons (Fsp3) is 0. The number of pyridine rings is 1. The second-order valence-electron chi connectivity index (χ2n) is 5.03. The van der Waals surface area contributed by atoms with Crippen LogP contribution in [0.1, 0.15) is 25.0 Å². The fourth-order valence-corrected chi connectivity index (χ4v) is 3.77. The van der Waals surface area contributed by atoms with Crippen LogP contribution in [0.3, 0.4) is 0 Å². The van der Waals surface area contributed by atoms with Crippen LogP contribution in [0.25, 0.3) is 11.5 Å². The summed E-state index contributed by atoms with van der Waals surface area (Å²) in [6.07, 6.45) is 6.13. The first-order valence-corrected chi connectivity index (χ1v) is 9.12. The molecule has 0 atom stereocenters. The van der Waals surface area contributed by atoms with Gasteiger partial charge in [-0.25, -0.2) is 9.97 Å². The Morgan fingerprint density at radius 3 is 2.65 bits per heavy atom. The van der Waals surface area contributed by atoms with E-state index in [9.17, 15) is 9.59 Å². The molecule has 1 N–H and O–H groups in total. The third-order valence-corrected chi connectivity index (χ3v) is 5.12. The summed E-state index contributed by atoms with van der Waals surface area (Å²) >= 11 is 2.33. The number of thiazole rings is 2. The molecule has 1 amide bonds. The lowest BCUT2D eigenvalue weighted by Crippen LogP contribution is -2.11. The maximum absolute atomic E-state index is 12.7. The lowest BCUT2D eigenvalue weighted by molar-refractivity contribution is 0.102. The summed E-state index contributed by atoms with van der Waals surface area (Å²) in [5.41, 5.74) is 0.827. The zero-order valence-corrected chi connectivity index (χ0v) is 14.7. The lowest BCUT2D eigenvalue weighted by Gasteiger charge is -2.00. The Bertz CT molecular complexity index is 1040. The molecule has 128 valence electrons. The summed E-state index contributed by atoms with van der Waals surface area (Å²) in [6, 6.07) is 6.61. The van der Waals surface area contributed by atoms with E-state index in [-0.39, 0.29) is 11.7 Å². The molecular weight excluding hydrogens is 372 g/mol. The van der Waals surface area contributed by atoms with Gasteiger partial charge >= 0.3 is 0 Å². The molecule has 0 unspecified atom stereocenters. The van der Waals surface area contributed by atoms with E-state index >= 15 is 0 Å². The third kappa shape index (κ3) is 3.17. The Hall–Kier alpha value is -3.17. The Morgan fingerprint density at radius 2 is 1.96 bits per heavy atom. The van der Waals surface area contributed by atoms with Crippen LogP contribution in [0, 0.1) is 0 Å². The molecule has 4 aromatic rings. The zero-order valence-electron chi connectivity index (χ0n) is 13.1. The third-order valence-electron chi connectivity index (χ3n) is 3.38. The van der Waals surface area contributed by atoms with Crippen LogP contribution in [-0.4, -0.2) is 26.6 Å². The van der Waals surface area contributed by atoms with Crippen molar-refractivity contribution >= 4 is 39.5 Å². The first-order valence-electron chi connectivity index (χ1n) is 7.42. The molecule has 26 heavy (non-hydrogen) atoms. The maximum Gasteiger partial charge on any atom is 0.257 e. The van der Waals surface area contributed by atoms with Gasteiger partial charge in [0.1, 0.15) is 10.6 Å². The van der Waals surface area contributed by atoms with Gasteiger partial charge < -0.3 is 4.42 Å². The van der Waals surface area contributed by atoms with Gasteiger partial charge in [-0.05, 0) is 24.3 Å². The summed E-state index contributed by atoms with van der Waals surface area (Å²) in [7, 11) is 0. The highest BCUT2D eigenvalue weighted by molar-refractivity contribution is 7.19. The van der Waals surface area contributed by atoms with E-state index in [4.69, 9.17) is 4.42 Å². The number of rotatable bonds is 5. The Kier molecular flexibility index (Phi) is 4.38. The Balaban J connectivity index is 1.70. The molecule has 0 radical (unpaired) electrons. The SMILES string of the molecule is O=C(Nc1nc(-c2ccco2)c(C(=O)c2nccs2)s1)c1ccncc1. The van der Waals surface area contributed by atoms with Gasteiger partial charge in [0.15, 0.2) is 15.9 Å². The van der Waals surface area contributed by atoms with Gasteiger partial charge in [0.05, 0.1) is 6.26 Å². The molecule has 0 spiro atoms. The van der Waals surface area contributed by atoms with Crippen LogP contribution < -0.4 is 5.32 Å². The largest absolute Gasteiger partial charge is 0.463 e. The smallest absolute Gasteiger partial charge is 0.257 e. The van der Waals surface area contributed by atoms with Crippen LogP contribution >= 0.6 is 22.7 Å². The molecule has 0 aromatic carbocycles. The molecule has 0 aliphatic carbocycles. The average Bonchev–Trinajstić information content (AvgIpc) is 3.42. The van der Waals surface area contributed by atoms with E-state index in [1.54, 1.807) is 35.8 Å². The van der Waals surface area contributed by atoms with Crippen LogP contribution in [0.2, 0.25) is 0 Å². The molecular formula is C17H10N4O3S2. The number of anilines is 1. The van der Waals surface area contributed by atoms with Crippen molar-refractivity contribution in [1.82, 2.24) is 15.0 Å². The molecule has 0 bridgehead atoms. The standard InChI is InChI=1S/C17H10N4O3S2/c22-13(16-19-7-9-25-16)14-12(11-2-1-8-24-11)20-17(26-14)21-15(23)10-3-5-18-6-4-10/h1-9H,(H,20,21,23). The summed E-state index contributed by atoms with van der Waals surface area (Å²) in [6.45, 7) is 0. The van der Waals surface area contributed by atoms with E-state index in [0.717, 1.165) is 11.3 Å².